The minimum atomic E-state index is -0.822. The summed E-state index contributed by atoms with van der Waals surface area (Å²) >= 11 is 0. The number of hydrogen-bond donors (Lipinski definition) is 1. The molecule has 0 saturated heterocycles. The number of amides is 2. The van der Waals surface area contributed by atoms with E-state index in [1.54, 1.807) is 4.90 Å². The summed E-state index contributed by atoms with van der Waals surface area (Å²) in [5.41, 5.74) is -0.0654. The molecule has 1 N–H and O–H groups in total. The lowest BCUT2D eigenvalue weighted by Crippen LogP contribution is -2.32. The van der Waals surface area contributed by atoms with Gasteiger partial charge in [-0.1, -0.05) is 13.3 Å². The Balaban J connectivity index is 2.50. The minimum Gasteiger partial charge on any atom is -0.342 e. The van der Waals surface area contributed by atoms with Crippen molar-refractivity contribution in [3.8, 4) is 0 Å². The van der Waals surface area contributed by atoms with Gasteiger partial charge in [-0.25, -0.2) is 8.78 Å². The minimum absolute atomic E-state index is 0.0654. The van der Waals surface area contributed by atoms with E-state index < -0.39 is 17.5 Å². The second-order valence-electron chi connectivity index (χ2n) is 4.78. The molecular weight excluding hydrogens is 278 g/mol. The Hall–Kier alpha value is -1.98. The topological polar surface area (TPSA) is 49.4 Å². The molecule has 0 aliphatic heterocycles. The van der Waals surface area contributed by atoms with Crippen LogP contribution in [0.25, 0.3) is 0 Å². The highest BCUT2D eigenvalue weighted by molar-refractivity contribution is 5.91. The average molecular weight is 298 g/mol. The normalized spacial score (nSPS) is 10.3. The molecule has 1 rings (SSSR count). The van der Waals surface area contributed by atoms with Crippen LogP contribution in [0.1, 0.15) is 33.1 Å². The molecule has 0 heterocycles. The molecule has 116 valence electrons. The molecule has 1 aromatic rings. The van der Waals surface area contributed by atoms with Crippen LogP contribution in [0.4, 0.5) is 14.5 Å². The Bertz CT molecular complexity index is 506. The van der Waals surface area contributed by atoms with Gasteiger partial charge < -0.3 is 10.2 Å². The number of unbranched alkanes of at least 4 members (excludes halogenated alkanes) is 1. The first kappa shape index (κ1) is 17.1. The monoisotopic (exact) mass is 298 g/mol. The summed E-state index contributed by atoms with van der Waals surface area (Å²) in [4.78, 5) is 24.7. The van der Waals surface area contributed by atoms with Crippen molar-refractivity contribution in [2.24, 2.45) is 0 Å². The van der Waals surface area contributed by atoms with Gasteiger partial charge in [-0.3, -0.25) is 9.59 Å². The highest BCUT2D eigenvalue weighted by Gasteiger charge is 2.12. The smallest absolute Gasteiger partial charge is 0.226 e. The number of nitrogens with zero attached hydrogens (tertiary/aromatic N) is 1. The van der Waals surface area contributed by atoms with Gasteiger partial charge in [0.05, 0.1) is 5.69 Å². The Labute approximate surface area is 123 Å². The molecular formula is C15H20F2N2O2. The highest BCUT2D eigenvalue weighted by atomic mass is 19.1. The molecule has 2 amide bonds. The van der Waals surface area contributed by atoms with Crippen LogP contribution in [-0.4, -0.2) is 29.8 Å². The fourth-order valence-electron chi connectivity index (χ4n) is 1.82. The van der Waals surface area contributed by atoms with Crippen molar-refractivity contribution in [3.63, 3.8) is 0 Å². The zero-order valence-electron chi connectivity index (χ0n) is 12.3. The van der Waals surface area contributed by atoms with Gasteiger partial charge in [0.1, 0.15) is 11.6 Å². The lowest BCUT2D eigenvalue weighted by molar-refractivity contribution is -0.129. The first-order valence-electron chi connectivity index (χ1n) is 6.94. The summed E-state index contributed by atoms with van der Waals surface area (Å²) in [6.45, 7) is 4.35. The van der Waals surface area contributed by atoms with Crippen molar-refractivity contribution < 1.29 is 18.4 Å². The zero-order chi connectivity index (χ0) is 15.8. The molecule has 0 fully saturated rings. The molecule has 0 unspecified atom stereocenters. The van der Waals surface area contributed by atoms with E-state index in [1.807, 2.05) is 6.92 Å². The van der Waals surface area contributed by atoms with Crippen LogP contribution in [0.3, 0.4) is 0 Å². The number of carbonyl (C=O) groups is 2. The van der Waals surface area contributed by atoms with Gasteiger partial charge in [-0.15, -0.1) is 0 Å². The number of halogens is 2. The average Bonchev–Trinajstić information content (AvgIpc) is 2.41. The number of anilines is 1. The van der Waals surface area contributed by atoms with Gasteiger partial charge in [0, 0.05) is 32.5 Å². The third kappa shape index (κ3) is 5.89. The van der Waals surface area contributed by atoms with Crippen LogP contribution in [0.15, 0.2) is 18.2 Å². The second kappa shape index (κ2) is 8.34. The number of benzene rings is 1. The lowest BCUT2D eigenvalue weighted by atomic mass is 10.2. The van der Waals surface area contributed by atoms with Crippen LogP contribution in [0.5, 0.6) is 0 Å². The maximum absolute atomic E-state index is 13.4. The summed E-state index contributed by atoms with van der Waals surface area (Å²) in [5, 5.41) is 2.37. The summed E-state index contributed by atoms with van der Waals surface area (Å²) in [5.74, 6) is -2.03. The van der Waals surface area contributed by atoms with E-state index in [0.717, 1.165) is 18.9 Å². The van der Waals surface area contributed by atoms with E-state index in [9.17, 15) is 18.4 Å². The van der Waals surface area contributed by atoms with Crippen molar-refractivity contribution in [1.29, 1.82) is 0 Å². The third-order valence-electron chi connectivity index (χ3n) is 3.04. The van der Waals surface area contributed by atoms with Crippen LogP contribution >= 0.6 is 0 Å². The van der Waals surface area contributed by atoms with E-state index in [-0.39, 0.29) is 24.6 Å². The summed E-state index contributed by atoms with van der Waals surface area (Å²) < 4.78 is 26.1. The predicted octanol–water partition coefficient (Wildman–Crippen LogP) is 2.94. The molecule has 6 heteroatoms. The van der Waals surface area contributed by atoms with Crippen LogP contribution in [-0.2, 0) is 9.59 Å². The van der Waals surface area contributed by atoms with E-state index in [2.05, 4.69) is 5.32 Å². The Morgan fingerprint density at radius 1 is 1.24 bits per heavy atom. The van der Waals surface area contributed by atoms with E-state index in [0.29, 0.717) is 12.6 Å². The first-order valence-corrected chi connectivity index (χ1v) is 6.94. The predicted molar refractivity (Wildman–Crippen MR) is 76.8 cm³/mol. The number of hydrogen-bond acceptors (Lipinski definition) is 2. The summed E-state index contributed by atoms with van der Waals surface area (Å²) in [7, 11) is 0. The molecule has 0 radical (unpaired) electrons. The van der Waals surface area contributed by atoms with Gasteiger partial charge in [-0.2, -0.15) is 0 Å². The van der Waals surface area contributed by atoms with Gasteiger partial charge in [0.2, 0.25) is 11.8 Å². The number of nitrogens with one attached hydrogen (secondary N) is 1. The molecule has 0 spiro atoms. The largest absolute Gasteiger partial charge is 0.342 e. The van der Waals surface area contributed by atoms with E-state index in [1.165, 1.54) is 13.0 Å². The Morgan fingerprint density at radius 3 is 2.52 bits per heavy atom. The molecule has 0 saturated carbocycles. The molecule has 1 aromatic carbocycles. The van der Waals surface area contributed by atoms with Crippen molar-refractivity contribution in [1.82, 2.24) is 4.90 Å². The van der Waals surface area contributed by atoms with Gasteiger partial charge in [0.25, 0.3) is 0 Å². The number of carbonyl (C=O) groups excluding carboxylic acids is 2. The maximum Gasteiger partial charge on any atom is 0.226 e. The molecule has 0 bridgehead atoms. The first-order chi connectivity index (χ1) is 9.93. The van der Waals surface area contributed by atoms with Gasteiger partial charge >= 0.3 is 0 Å². The Morgan fingerprint density at radius 2 is 1.95 bits per heavy atom. The van der Waals surface area contributed by atoms with Gasteiger partial charge in [0.15, 0.2) is 0 Å². The summed E-state index contributed by atoms with van der Waals surface area (Å²) in [6, 6.07) is 2.95. The fourth-order valence-corrected chi connectivity index (χ4v) is 1.82. The molecule has 0 aliphatic carbocycles. The highest BCUT2D eigenvalue weighted by Crippen LogP contribution is 2.15. The van der Waals surface area contributed by atoms with Crippen molar-refractivity contribution in [2.45, 2.75) is 33.1 Å². The summed E-state index contributed by atoms with van der Waals surface area (Å²) in [6.07, 6.45) is 1.89. The lowest BCUT2D eigenvalue weighted by Gasteiger charge is -2.20. The fraction of sp³-hybridized carbons (Fsp3) is 0.467. The van der Waals surface area contributed by atoms with Crippen molar-refractivity contribution in [3.05, 3.63) is 29.8 Å². The third-order valence-corrected chi connectivity index (χ3v) is 3.04. The SMILES string of the molecule is CCCCN(CCC(=O)Nc1ccc(F)cc1F)C(C)=O. The maximum atomic E-state index is 13.4. The zero-order valence-corrected chi connectivity index (χ0v) is 12.3. The molecule has 4 nitrogen and oxygen atoms in total. The van der Waals surface area contributed by atoms with Crippen molar-refractivity contribution in [2.75, 3.05) is 18.4 Å². The van der Waals surface area contributed by atoms with E-state index >= 15 is 0 Å². The van der Waals surface area contributed by atoms with Crippen LogP contribution < -0.4 is 5.32 Å². The second-order valence-corrected chi connectivity index (χ2v) is 4.78. The van der Waals surface area contributed by atoms with Crippen molar-refractivity contribution >= 4 is 17.5 Å². The molecule has 21 heavy (non-hydrogen) atoms. The molecule has 0 atom stereocenters. The molecule has 0 aliphatic rings. The van der Waals surface area contributed by atoms with Crippen LogP contribution in [0, 0.1) is 11.6 Å². The Kier molecular flexibility index (Phi) is 6.78. The quantitative estimate of drug-likeness (QED) is 0.841. The molecule has 0 aromatic heterocycles. The van der Waals surface area contributed by atoms with Crippen LogP contribution in [0.2, 0.25) is 0 Å². The van der Waals surface area contributed by atoms with E-state index in [4.69, 9.17) is 0 Å². The standard InChI is InChI=1S/C15H20F2N2O2/c1-3-4-8-19(11(2)20)9-7-15(21)18-14-6-5-12(16)10-13(14)17/h5-6,10H,3-4,7-9H2,1-2H3,(H,18,21). The van der Waals surface area contributed by atoms with Gasteiger partial charge in [-0.05, 0) is 18.6 Å². The number of rotatable bonds is 7.